The summed E-state index contributed by atoms with van der Waals surface area (Å²) in [7, 11) is 0. The minimum atomic E-state index is -0.220. The third-order valence-electron chi connectivity index (χ3n) is 3.14. The number of thiophene rings is 1. The highest BCUT2D eigenvalue weighted by Gasteiger charge is 2.18. The normalized spacial score (nSPS) is 11.0. The van der Waals surface area contributed by atoms with E-state index in [2.05, 4.69) is 15.5 Å². The number of rotatable bonds is 3. The minimum absolute atomic E-state index is 0.220. The van der Waals surface area contributed by atoms with Crippen LogP contribution in [0.25, 0.3) is 10.1 Å². The Morgan fingerprint density at radius 1 is 1.48 bits per heavy atom. The van der Waals surface area contributed by atoms with E-state index in [1.165, 1.54) is 17.5 Å². The molecule has 0 fully saturated rings. The maximum atomic E-state index is 12.3. The molecule has 3 heterocycles. The Balaban J connectivity index is 1.91. The summed E-state index contributed by atoms with van der Waals surface area (Å²) in [5, 5.41) is 7.22. The molecule has 7 heteroatoms. The van der Waals surface area contributed by atoms with E-state index in [9.17, 15) is 4.79 Å². The second kappa shape index (κ2) is 5.17. The molecule has 21 heavy (non-hydrogen) atoms. The Hall–Kier alpha value is -2.41. The van der Waals surface area contributed by atoms with E-state index in [0.29, 0.717) is 16.3 Å². The number of nitrogens with two attached hydrogens (primary N) is 1. The lowest BCUT2D eigenvalue weighted by Gasteiger charge is -2.02. The molecule has 0 atom stereocenters. The first kappa shape index (κ1) is 13.6. The second-order valence-electron chi connectivity index (χ2n) is 4.73. The second-order valence-corrected chi connectivity index (χ2v) is 5.78. The van der Waals surface area contributed by atoms with Crippen LogP contribution in [0.15, 0.2) is 22.9 Å². The third kappa shape index (κ3) is 2.47. The van der Waals surface area contributed by atoms with Crippen LogP contribution < -0.4 is 11.1 Å². The summed E-state index contributed by atoms with van der Waals surface area (Å²) in [5.41, 5.74) is 8.35. The molecule has 0 spiro atoms. The number of nitrogens with zero attached hydrogens (tertiary/aromatic N) is 2. The molecular weight excluding hydrogens is 288 g/mol. The number of nitrogen functional groups attached to an aromatic ring is 1. The van der Waals surface area contributed by atoms with Crippen molar-refractivity contribution in [3.05, 3.63) is 40.4 Å². The fourth-order valence-corrected chi connectivity index (χ4v) is 3.42. The molecule has 0 unspecified atom stereocenters. The van der Waals surface area contributed by atoms with Gasteiger partial charge in [0.2, 0.25) is 0 Å². The predicted octanol–water partition coefficient (Wildman–Crippen LogP) is 2.41. The molecule has 108 valence electrons. The van der Waals surface area contributed by atoms with E-state index in [0.717, 1.165) is 21.5 Å². The zero-order valence-electron chi connectivity index (χ0n) is 11.6. The van der Waals surface area contributed by atoms with Gasteiger partial charge in [0.05, 0.1) is 18.4 Å². The summed E-state index contributed by atoms with van der Waals surface area (Å²) in [5.74, 6) is 0.374. The van der Waals surface area contributed by atoms with E-state index in [4.69, 9.17) is 10.3 Å². The molecule has 0 bridgehead atoms. The molecule has 1 amide bonds. The van der Waals surface area contributed by atoms with Crippen molar-refractivity contribution in [1.29, 1.82) is 0 Å². The number of carbonyl (C=O) groups excluding carboxylic acids is 1. The molecule has 3 aromatic heterocycles. The summed E-state index contributed by atoms with van der Waals surface area (Å²) in [6.07, 6.45) is 1.53. The molecule has 0 aliphatic heterocycles. The van der Waals surface area contributed by atoms with Gasteiger partial charge in [-0.2, -0.15) is 0 Å². The smallest absolute Gasteiger partial charge is 0.263 e. The zero-order valence-corrected chi connectivity index (χ0v) is 12.5. The molecule has 3 rings (SSSR count). The molecule has 0 saturated carbocycles. The van der Waals surface area contributed by atoms with Crippen molar-refractivity contribution in [3.8, 4) is 0 Å². The molecule has 0 aromatic carbocycles. The maximum absolute atomic E-state index is 12.3. The number of anilines is 1. The molecule has 0 saturated heterocycles. The van der Waals surface area contributed by atoms with Crippen molar-refractivity contribution < 1.29 is 9.32 Å². The molecule has 3 aromatic rings. The van der Waals surface area contributed by atoms with Crippen molar-refractivity contribution in [2.75, 3.05) is 5.73 Å². The van der Waals surface area contributed by atoms with Crippen LogP contribution in [0.1, 0.15) is 26.8 Å². The number of aryl methyl sites for hydroxylation is 2. The van der Waals surface area contributed by atoms with E-state index in [-0.39, 0.29) is 12.5 Å². The minimum Gasteiger partial charge on any atom is -0.397 e. The quantitative estimate of drug-likeness (QED) is 0.775. The Morgan fingerprint density at radius 2 is 2.29 bits per heavy atom. The lowest BCUT2D eigenvalue weighted by molar-refractivity contribution is 0.0952. The van der Waals surface area contributed by atoms with Crippen LogP contribution in [0.3, 0.4) is 0 Å². The topological polar surface area (TPSA) is 94.0 Å². The maximum Gasteiger partial charge on any atom is 0.263 e. The van der Waals surface area contributed by atoms with E-state index in [1.807, 2.05) is 19.9 Å². The van der Waals surface area contributed by atoms with Gasteiger partial charge in [-0.3, -0.25) is 9.78 Å². The highest BCUT2D eigenvalue weighted by molar-refractivity contribution is 7.21. The Bertz CT molecular complexity index is 808. The van der Waals surface area contributed by atoms with Gasteiger partial charge in [0.25, 0.3) is 5.91 Å². The van der Waals surface area contributed by atoms with E-state index >= 15 is 0 Å². The third-order valence-corrected chi connectivity index (χ3v) is 4.29. The number of aromatic nitrogens is 2. The molecule has 0 aliphatic carbocycles. The van der Waals surface area contributed by atoms with Gasteiger partial charge in [-0.15, -0.1) is 11.3 Å². The zero-order chi connectivity index (χ0) is 15.0. The highest BCUT2D eigenvalue weighted by Crippen LogP contribution is 2.35. The summed E-state index contributed by atoms with van der Waals surface area (Å²) in [4.78, 5) is 17.2. The van der Waals surface area contributed by atoms with Crippen molar-refractivity contribution in [3.63, 3.8) is 0 Å². The molecule has 0 aliphatic rings. The van der Waals surface area contributed by atoms with Gasteiger partial charge in [-0.25, -0.2) is 0 Å². The van der Waals surface area contributed by atoms with Crippen LogP contribution in [-0.4, -0.2) is 16.0 Å². The largest absolute Gasteiger partial charge is 0.397 e. The summed E-state index contributed by atoms with van der Waals surface area (Å²) < 4.78 is 5.92. The highest BCUT2D eigenvalue weighted by atomic mass is 32.1. The van der Waals surface area contributed by atoms with Crippen LogP contribution in [0, 0.1) is 13.8 Å². The summed E-state index contributed by atoms with van der Waals surface area (Å²) in [6, 6.07) is 3.64. The Kier molecular flexibility index (Phi) is 3.34. The number of hydrogen-bond acceptors (Lipinski definition) is 6. The number of hydrogen-bond donors (Lipinski definition) is 2. The first-order valence-corrected chi connectivity index (χ1v) is 7.22. The molecule has 6 nitrogen and oxygen atoms in total. The Morgan fingerprint density at radius 3 is 3.00 bits per heavy atom. The van der Waals surface area contributed by atoms with Crippen molar-refractivity contribution in [2.45, 2.75) is 20.4 Å². The van der Waals surface area contributed by atoms with E-state index in [1.54, 1.807) is 6.07 Å². The lowest BCUT2D eigenvalue weighted by Crippen LogP contribution is -2.22. The van der Waals surface area contributed by atoms with Gasteiger partial charge in [0, 0.05) is 27.5 Å². The first-order chi connectivity index (χ1) is 10.1. The van der Waals surface area contributed by atoms with Gasteiger partial charge in [0.1, 0.15) is 4.88 Å². The Labute approximate surface area is 125 Å². The number of nitrogens with one attached hydrogen (secondary N) is 1. The van der Waals surface area contributed by atoms with Crippen LogP contribution in [-0.2, 0) is 6.54 Å². The fraction of sp³-hybridized carbons (Fsp3) is 0.214. The lowest BCUT2D eigenvalue weighted by atomic mass is 10.2. The van der Waals surface area contributed by atoms with Crippen LogP contribution >= 0.6 is 11.3 Å². The van der Waals surface area contributed by atoms with Crippen molar-refractivity contribution in [1.82, 2.24) is 15.5 Å². The predicted molar refractivity (Wildman–Crippen MR) is 81.2 cm³/mol. The SMILES string of the molecule is Cc1cc2sc(C(=O)NCc3ccno3)c(N)c2c(C)n1. The molecule has 0 radical (unpaired) electrons. The van der Waals surface area contributed by atoms with Gasteiger partial charge in [-0.05, 0) is 19.9 Å². The molecular formula is C14H14N4O2S. The standard InChI is InChI=1S/C14H14N4O2S/c1-7-5-10-11(8(2)18-7)12(15)13(21-10)14(19)16-6-9-3-4-17-20-9/h3-5H,6,15H2,1-2H3,(H,16,19). The van der Waals surface area contributed by atoms with Crippen LogP contribution in [0.2, 0.25) is 0 Å². The fourth-order valence-electron chi connectivity index (χ4n) is 2.23. The number of amides is 1. The average Bonchev–Trinajstić information content (AvgIpc) is 3.04. The van der Waals surface area contributed by atoms with Gasteiger partial charge in [0.15, 0.2) is 5.76 Å². The van der Waals surface area contributed by atoms with Crippen molar-refractivity contribution >= 4 is 33.0 Å². The molecule has 3 N–H and O–H groups in total. The monoisotopic (exact) mass is 302 g/mol. The average molecular weight is 302 g/mol. The number of carbonyl (C=O) groups is 1. The van der Waals surface area contributed by atoms with Gasteiger partial charge < -0.3 is 15.6 Å². The van der Waals surface area contributed by atoms with E-state index < -0.39 is 0 Å². The summed E-state index contributed by atoms with van der Waals surface area (Å²) >= 11 is 1.37. The number of pyridine rings is 1. The van der Waals surface area contributed by atoms with Crippen LogP contribution in [0.5, 0.6) is 0 Å². The van der Waals surface area contributed by atoms with Crippen molar-refractivity contribution in [2.24, 2.45) is 0 Å². The summed E-state index contributed by atoms with van der Waals surface area (Å²) in [6.45, 7) is 4.10. The van der Waals surface area contributed by atoms with Gasteiger partial charge in [-0.1, -0.05) is 5.16 Å². The van der Waals surface area contributed by atoms with Crippen LogP contribution in [0.4, 0.5) is 5.69 Å². The van der Waals surface area contributed by atoms with Gasteiger partial charge >= 0.3 is 0 Å². The first-order valence-electron chi connectivity index (χ1n) is 6.40. The number of fused-ring (bicyclic) bond motifs is 1.